The molecule has 0 saturated carbocycles. The van der Waals surface area contributed by atoms with E-state index >= 15 is 0 Å². The largest absolute Gasteiger partial charge is 0.382 e. The van der Waals surface area contributed by atoms with E-state index in [-0.39, 0.29) is 5.54 Å². The second kappa shape index (κ2) is 3.12. The SMILES string of the molecule is COCC1(C)NCCc2[nH]cnc21. The average Bonchev–Trinajstić information content (AvgIpc) is 2.54. The zero-order valence-corrected chi connectivity index (χ0v) is 8.05. The first-order valence-corrected chi connectivity index (χ1v) is 4.53. The molecule has 1 unspecified atom stereocenters. The number of ether oxygens (including phenoxy) is 1. The normalized spacial score (nSPS) is 27.2. The van der Waals surface area contributed by atoms with E-state index in [9.17, 15) is 0 Å². The molecule has 1 aliphatic rings. The lowest BCUT2D eigenvalue weighted by molar-refractivity contribution is 0.112. The molecule has 1 aromatic rings. The minimum absolute atomic E-state index is 0.123. The first-order valence-electron chi connectivity index (χ1n) is 4.53. The third-order valence-electron chi connectivity index (χ3n) is 2.56. The number of aromatic amines is 1. The second-order valence-corrected chi connectivity index (χ2v) is 3.67. The summed E-state index contributed by atoms with van der Waals surface area (Å²) in [4.78, 5) is 7.50. The van der Waals surface area contributed by atoms with Crippen LogP contribution in [0.25, 0.3) is 0 Å². The van der Waals surface area contributed by atoms with Crippen molar-refractivity contribution in [2.75, 3.05) is 20.3 Å². The first-order chi connectivity index (χ1) is 6.26. The van der Waals surface area contributed by atoms with Crippen molar-refractivity contribution in [3.63, 3.8) is 0 Å². The third-order valence-corrected chi connectivity index (χ3v) is 2.56. The molecule has 0 aromatic carbocycles. The molecule has 0 spiro atoms. The van der Waals surface area contributed by atoms with Crippen LogP contribution < -0.4 is 5.32 Å². The fraction of sp³-hybridized carbons (Fsp3) is 0.667. The van der Waals surface area contributed by atoms with E-state index in [0.29, 0.717) is 6.61 Å². The fourth-order valence-electron chi connectivity index (χ4n) is 1.94. The number of rotatable bonds is 2. The Balaban J connectivity index is 2.33. The number of nitrogens with zero attached hydrogens (tertiary/aromatic N) is 1. The van der Waals surface area contributed by atoms with Crippen molar-refractivity contribution in [2.24, 2.45) is 0 Å². The van der Waals surface area contributed by atoms with Gasteiger partial charge in [-0.15, -0.1) is 0 Å². The maximum atomic E-state index is 5.19. The van der Waals surface area contributed by atoms with Gasteiger partial charge in [0.05, 0.1) is 24.2 Å². The molecule has 4 heteroatoms. The minimum Gasteiger partial charge on any atom is -0.382 e. The molecule has 0 amide bonds. The molecule has 2 rings (SSSR count). The van der Waals surface area contributed by atoms with E-state index in [4.69, 9.17) is 4.74 Å². The summed E-state index contributed by atoms with van der Waals surface area (Å²) >= 11 is 0. The standard InChI is InChI=1S/C9H15N3O/c1-9(5-13-2)8-7(3-4-12-9)10-6-11-8/h6,12H,3-5H2,1-2H3,(H,10,11). The van der Waals surface area contributed by atoms with Gasteiger partial charge < -0.3 is 15.0 Å². The van der Waals surface area contributed by atoms with Crippen molar-refractivity contribution < 1.29 is 4.74 Å². The Morgan fingerprint density at radius 1 is 1.69 bits per heavy atom. The van der Waals surface area contributed by atoms with E-state index in [1.54, 1.807) is 13.4 Å². The molecule has 0 radical (unpaired) electrons. The van der Waals surface area contributed by atoms with Gasteiger partial charge in [-0.1, -0.05) is 0 Å². The first kappa shape index (κ1) is 8.72. The predicted octanol–water partition coefficient (Wildman–Crippen LogP) is 0.417. The van der Waals surface area contributed by atoms with Crippen molar-refractivity contribution in [3.8, 4) is 0 Å². The highest BCUT2D eigenvalue weighted by molar-refractivity contribution is 5.24. The number of fused-ring (bicyclic) bond motifs is 1. The van der Waals surface area contributed by atoms with Crippen LogP contribution in [0.15, 0.2) is 6.33 Å². The van der Waals surface area contributed by atoms with Crippen LogP contribution in [-0.4, -0.2) is 30.2 Å². The van der Waals surface area contributed by atoms with Crippen LogP contribution >= 0.6 is 0 Å². The van der Waals surface area contributed by atoms with Gasteiger partial charge >= 0.3 is 0 Å². The maximum Gasteiger partial charge on any atom is 0.0926 e. The van der Waals surface area contributed by atoms with Gasteiger partial charge in [0.15, 0.2) is 0 Å². The molecule has 0 saturated heterocycles. The lowest BCUT2D eigenvalue weighted by Crippen LogP contribution is -2.48. The smallest absolute Gasteiger partial charge is 0.0926 e. The Labute approximate surface area is 77.7 Å². The summed E-state index contributed by atoms with van der Waals surface area (Å²) in [5.41, 5.74) is 2.21. The Kier molecular flexibility index (Phi) is 2.09. The molecule has 72 valence electrons. The van der Waals surface area contributed by atoms with Crippen LogP contribution in [0.5, 0.6) is 0 Å². The van der Waals surface area contributed by atoms with Gasteiger partial charge in [0, 0.05) is 25.8 Å². The zero-order valence-electron chi connectivity index (χ0n) is 8.05. The Morgan fingerprint density at radius 2 is 2.54 bits per heavy atom. The van der Waals surface area contributed by atoms with Crippen molar-refractivity contribution in [3.05, 3.63) is 17.7 Å². The molecule has 0 fully saturated rings. The molecule has 0 bridgehead atoms. The summed E-state index contributed by atoms with van der Waals surface area (Å²) < 4.78 is 5.19. The summed E-state index contributed by atoms with van der Waals surface area (Å²) in [6.07, 6.45) is 2.78. The van der Waals surface area contributed by atoms with E-state index in [1.807, 2.05) is 0 Å². The molecule has 13 heavy (non-hydrogen) atoms. The minimum atomic E-state index is -0.123. The molecule has 4 nitrogen and oxygen atoms in total. The van der Waals surface area contributed by atoms with Crippen LogP contribution in [0.4, 0.5) is 0 Å². The van der Waals surface area contributed by atoms with Gasteiger partial charge in [-0.2, -0.15) is 0 Å². The number of H-pyrrole nitrogens is 1. The van der Waals surface area contributed by atoms with Crippen LogP contribution in [0.3, 0.4) is 0 Å². The highest BCUT2D eigenvalue weighted by Crippen LogP contribution is 2.25. The number of nitrogens with one attached hydrogen (secondary N) is 2. The predicted molar refractivity (Wildman–Crippen MR) is 49.5 cm³/mol. The van der Waals surface area contributed by atoms with Crippen LogP contribution in [0.2, 0.25) is 0 Å². The summed E-state index contributed by atoms with van der Waals surface area (Å²) in [5.74, 6) is 0. The summed E-state index contributed by atoms with van der Waals surface area (Å²) in [6.45, 7) is 3.76. The highest BCUT2D eigenvalue weighted by atomic mass is 16.5. The third kappa shape index (κ3) is 1.36. The molecular weight excluding hydrogens is 166 g/mol. The Hall–Kier alpha value is -0.870. The number of imidazole rings is 1. The van der Waals surface area contributed by atoms with Crippen LogP contribution in [-0.2, 0) is 16.7 Å². The van der Waals surface area contributed by atoms with Crippen LogP contribution in [0.1, 0.15) is 18.3 Å². The van der Waals surface area contributed by atoms with Gasteiger partial charge in [0.2, 0.25) is 0 Å². The summed E-state index contributed by atoms with van der Waals surface area (Å²) in [6, 6.07) is 0. The van der Waals surface area contributed by atoms with Crippen LogP contribution in [0, 0.1) is 0 Å². The van der Waals surface area contributed by atoms with E-state index < -0.39 is 0 Å². The molecule has 1 aromatic heterocycles. The Morgan fingerprint density at radius 3 is 3.31 bits per heavy atom. The molecule has 2 heterocycles. The number of aromatic nitrogens is 2. The van der Waals surface area contributed by atoms with Gasteiger partial charge in [0.1, 0.15) is 0 Å². The molecular formula is C9H15N3O. The second-order valence-electron chi connectivity index (χ2n) is 3.67. The fourth-order valence-corrected chi connectivity index (χ4v) is 1.94. The van der Waals surface area contributed by atoms with Crippen molar-refractivity contribution in [2.45, 2.75) is 18.9 Å². The number of hydrogen-bond acceptors (Lipinski definition) is 3. The highest BCUT2D eigenvalue weighted by Gasteiger charge is 2.33. The average molecular weight is 181 g/mol. The lowest BCUT2D eigenvalue weighted by atomic mass is 9.92. The maximum absolute atomic E-state index is 5.19. The Bertz CT molecular complexity index is 297. The molecule has 0 aliphatic carbocycles. The monoisotopic (exact) mass is 181 g/mol. The van der Waals surface area contributed by atoms with Gasteiger partial charge in [0.25, 0.3) is 0 Å². The zero-order chi connectivity index (χ0) is 9.31. The van der Waals surface area contributed by atoms with E-state index in [2.05, 4.69) is 22.2 Å². The number of hydrogen-bond donors (Lipinski definition) is 2. The van der Waals surface area contributed by atoms with Crippen molar-refractivity contribution in [1.29, 1.82) is 0 Å². The van der Waals surface area contributed by atoms with E-state index in [0.717, 1.165) is 18.7 Å². The van der Waals surface area contributed by atoms with Crippen molar-refractivity contribution in [1.82, 2.24) is 15.3 Å². The summed E-state index contributed by atoms with van der Waals surface area (Å²) in [7, 11) is 1.72. The quantitative estimate of drug-likeness (QED) is 0.695. The van der Waals surface area contributed by atoms with Gasteiger partial charge in [-0.3, -0.25) is 0 Å². The lowest BCUT2D eigenvalue weighted by Gasteiger charge is -2.33. The number of methoxy groups -OCH3 is 1. The summed E-state index contributed by atoms with van der Waals surface area (Å²) in [5, 5.41) is 3.43. The van der Waals surface area contributed by atoms with Crippen molar-refractivity contribution >= 4 is 0 Å². The molecule has 2 N–H and O–H groups in total. The molecule has 1 aliphatic heterocycles. The van der Waals surface area contributed by atoms with E-state index in [1.165, 1.54) is 5.69 Å². The van der Waals surface area contributed by atoms with Gasteiger partial charge in [-0.05, 0) is 6.92 Å². The topological polar surface area (TPSA) is 49.9 Å². The molecule has 1 atom stereocenters. The van der Waals surface area contributed by atoms with Gasteiger partial charge in [-0.25, -0.2) is 4.98 Å².